The maximum Gasteiger partial charge on any atom is 0.271 e. The van der Waals surface area contributed by atoms with Crippen LogP contribution in [-0.4, -0.2) is 9.55 Å². The van der Waals surface area contributed by atoms with Crippen LogP contribution in [0.5, 0.6) is 0 Å². The van der Waals surface area contributed by atoms with Gasteiger partial charge >= 0.3 is 0 Å². The molecule has 0 aliphatic rings. The second-order valence-electron chi connectivity index (χ2n) is 3.59. The molecule has 2 heterocycles. The van der Waals surface area contributed by atoms with Gasteiger partial charge in [-0.1, -0.05) is 5.57 Å². The molecule has 3 nitrogen and oxygen atoms in total. The minimum absolute atomic E-state index is 0.0521. The SMILES string of the molecule is C=C(C)CCn1cnc2ccsc2c1=O. The zero-order valence-corrected chi connectivity index (χ0v) is 9.38. The molecule has 2 rings (SSSR count). The number of allylic oxidation sites excluding steroid dienone is 1. The molecule has 2 aromatic heterocycles. The van der Waals surface area contributed by atoms with E-state index in [9.17, 15) is 4.79 Å². The van der Waals surface area contributed by atoms with Crippen molar-refractivity contribution in [2.75, 3.05) is 0 Å². The van der Waals surface area contributed by atoms with Gasteiger partial charge in [0, 0.05) is 6.54 Å². The number of rotatable bonds is 3. The van der Waals surface area contributed by atoms with Crippen LogP contribution >= 0.6 is 11.3 Å². The number of aromatic nitrogens is 2. The van der Waals surface area contributed by atoms with E-state index in [-0.39, 0.29) is 5.56 Å². The summed E-state index contributed by atoms with van der Waals surface area (Å²) in [7, 11) is 0. The summed E-state index contributed by atoms with van der Waals surface area (Å²) in [6.07, 6.45) is 2.43. The number of hydrogen-bond donors (Lipinski definition) is 0. The second-order valence-corrected chi connectivity index (χ2v) is 4.50. The van der Waals surface area contributed by atoms with E-state index in [0.29, 0.717) is 6.54 Å². The van der Waals surface area contributed by atoms with Gasteiger partial charge in [0.2, 0.25) is 0 Å². The van der Waals surface area contributed by atoms with Crippen LogP contribution in [0.4, 0.5) is 0 Å². The van der Waals surface area contributed by atoms with Gasteiger partial charge in [0.25, 0.3) is 5.56 Å². The Hall–Kier alpha value is -1.42. The summed E-state index contributed by atoms with van der Waals surface area (Å²) < 4.78 is 2.38. The minimum Gasteiger partial charge on any atom is -0.298 e. The van der Waals surface area contributed by atoms with Crippen LogP contribution in [0.15, 0.2) is 34.7 Å². The fourth-order valence-electron chi connectivity index (χ4n) is 1.35. The van der Waals surface area contributed by atoms with Crippen molar-refractivity contribution in [2.24, 2.45) is 0 Å². The molecule has 0 aromatic carbocycles. The van der Waals surface area contributed by atoms with Gasteiger partial charge in [0.1, 0.15) is 4.70 Å². The molecule has 0 unspecified atom stereocenters. The van der Waals surface area contributed by atoms with Crippen molar-refractivity contribution in [2.45, 2.75) is 19.9 Å². The fraction of sp³-hybridized carbons (Fsp3) is 0.273. The number of aryl methyl sites for hydroxylation is 1. The Morgan fingerprint density at radius 3 is 3.20 bits per heavy atom. The lowest BCUT2D eigenvalue weighted by atomic mass is 10.2. The van der Waals surface area contributed by atoms with E-state index in [4.69, 9.17) is 0 Å². The number of hydrogen-bond acceptors (Lipinski definition) is 3. The summed E-state index contributed by atoms with van der Waals surface area (Å²) in [5, 5.41) is 1.89. The van der Waals surface area contributed by atoms with E-state index in [1.807, 2.05) is 18.4 Å². The highest BCUT2D eigenvalue weighted by Gasteiger charge is 2.04. The Bertz CT molecular complexity index is 553. The molecule has 78 valence electrons. The number of fused-ring (bicyclic) bond motifs is 1. The average molecular weight is 220 g/mol. The molecular weight excluding hydrogens is 208 g/mol. The highest BCUT2D eigenvalue weighted by atomic mass is 32.1. The maximum atomic E-state index is 11.9. The van der Waals surface area contributed by atoms with Crippen molar-refractivity contribution in [1.29, 1.82) is 0 Å². The van der Waals surface area contributed by atoms with E-state index >= 15 is 0 Å². The highest BCUT2D eigenvalue weighted by molar-refractivity contribution is 7.17. The van der Waals surface area contributed by atoms with Crippen LogP contribution in [0.2, 0.25) is 0 Å². The van der Waals surface area contributed by atoms with Crippen LogP contribution in [0, 0.1) is 0 Å². The van der Waals surface area contributed by atoms with Gasteiger partial charge < -0.3 is 0 Å². The lowest BCUT2D eigenvalue weighted by Crippen LogP contribution is -2.19. The first-order chi connectivity index (χ1) is 7.18. The van der Waals surface area contributed by atoms with Crippen molar-refractivity contribution in [3.63, 3.8) is 0 Å². The molecule has 0 aliphatic carbocycles. The van der Waals surface area contributed by atoms with Crippen LogP contribution in [0.25, 0.3) is 10.2 Å². The van der Waals surface area contributed by atoms with E-state index in [2.05, 4.69) is 11.6 Å². The van der Waals surface area contributed by atoms with Crippen molar-refractivity contribution >= 4 is 21.6 Å². The molecule has 0 radical (unpaired) electrons. The smallest absolute Gasteiger partial charge is 0.271 e. The van der Waals surface area contributed by atoms with E-state index in [1.165, 1.54) is 11.3 Å². The van der Waals surface area contributed by atoms with E-state index < -0.39 is 0 Å². The first kappa shape index (κ1) is 10.1. The third kappa shape index (κ3) is 1.99. The Kier molecular flexibility index (Phi) is 2.68. The molecular formula is C11H12N2OS. The zero-order chi connectivity index (χ0) is 10.8. The summed E-state index contributed by atoms with van der Waals surface area (Å²) in [5.74, 6) is 0. The van der Waals surface area contributed by atoms with Gasteiger partial charge in [-0.3, -0.25) is 9.36 Å². The molecule has 2 aromatic rings. The quantitative estimate of drug-likeness (QED) is 0.745. The normalized spacial score (nSPS) is 10.7. The summed E-state index contributed by atoms with van der Waals surface area (Å²) in [6.45, 7) is 6.44. The third-order valence-electron chi connectivity index (χ3n) is 2.22. The first-order valence-electron chi connectivity index (χ1n) is 4.75. The van der Waals surface area contributed by atoms with Crippen molar-refractivity contribution < 1.29 is 0 Å². The number of nitrogens with zero attached hydrogens (tertiary/aromatic N) is 2. The summed E-state index contributed by atoms with van der Waals surface area (Å²) in [4.78, 5) is 16.1. The molecule has 0 aliphatic heterocycles. The van der Waals surface area contributed by atoms with Gasteiger partial charge in [-0.2, -0.15) is 0 Å². The molecule has 0 atom stereocenters. The second kappa shape index (κ2) is 3.98. The molecule has 0 spiro atoms. The van der Waals surface area contributed by atoms with E-state index in [1.54, 1.807) is 10.9 Å². The molecule has 0 bridgehead atoms. The van der Waals surface area contributed by atoms with Crippen molar-refractivity contribution in [3.8, 4) is 0 Å². The molecule has 15 heavy (non-hydrogen) atoms. The zero-order valence-electron chi connectivity index (χ0n) is 8.56. The van der Waals surface area contributed by atoms with Gasteiger partial charge in [-0.05, 0) is 24.8 Å². The van der Waals surface area contributed by atoms with Crippen LogP contribution in [0.3, 0.4) is 0 Å². The predicted octanol–water partition coefficient (Wildman–Crippen LogP) is 2.42. The van der Waals surface area contributed by atoms with Gasteiger partial charge in [-0.25, -0.2) is 4.98 Å². The minimum atomic E-state index is 0.0521. The molecule has 0 saturated carbocycles. The standard InChI is InChI=1S/C11H12N2OS/c1-8(2)3-5-13-7-12-9-4-6-15-10(9)11(13)14/h4,6-7H,1,3,5H2,2H3. The Morgan fingerprint density at radius 2 is 2.47 bits per heavy atom. The average Bonchev–Trinajstić information content (AvgIpc) is 2.65. The molecule has 4 heteroatoms. The molecule has 0 saturated heterocycles. The van der Waals surface area contributed by atoms with Crippen molar-refractivity contribution in [3.05, 3.63) is 40.3 Å². The third-order valence-corrected chi connectivity index (χ3v) is 3.11. The van der Waals surface area contributed by atoms with Crippen LogP contribution < -0.4 is 5.56 Å². The van der Waals surface area contributed by atoms with Gasteiger partial charge in [0.05, 0.1) is 11.8 Å². The molecule has 0 amide bonds. The summed E-state index contributed by atoms with van der Waals surface area (Å²) in [6, 6.07) is 1.87. The van der Waals surface area contributed by atoms with Crippen LogP contribution in [0.1, 0.15) is 13.3 Å². The topological polar surface area (TPSA) is 34.9 Å². The Morgan fingerprint density at radius 1 is 1.67 bits per heavy atom. The first-order valence-corrected chi connectivity index (χ1v) is 5.63. The monoisotopic (exact) mass is 220 g/mol. The highest BCUT2D eigenvalue weighted by Crippen LogP contribution is 2.13. The van der Waals surface area contributed by atoms with Crippen LogP contribution in [-0.2, 0) is 6.54 Å². The van der Waals surface area contributed by atoms with Gasteiger partial charge in [0.15, 0.2) is 0 Å². The van der Waals surface area contributed by atoms with Crippen molar-refractivity contribution in [1.82, 2.24) is 9.55 Å². The van der Waals surface area contributed by atoms with Gasteiger partial charge in [-0.15, -0.1) is 17.9 Å². The lowest BCUT2D eigenvalue weighted by molar-refractivity contribution is 0.661. The summed E-state index contributed by atoms with van der Waals surface area (Å²) in [5.41, 5.74) is 1.92. The lowest BCUT2D eigenvalue weighted by Gasteiger charge is -2.03. The molecule has 0 N–H and O–H groups in total. The Labute approximate surface area is 91.7 Å². The predicted molar refractivity (Wildman–Crippen MR) is 63.3 cm³/mol. The largest absolute Gasteiger partial charge is 0.298 e. The Balaban J connectivity index is 2.40. The molecule has 0 fully saturated rings. The fourth-order valence-corrected chi connectivity index (χ4v) is 2.14. The number of thiophene rings is 1. The van der Waals surface area contributed by atoms with E-state index in [0.717, 1.165) is 22.2 Å². The summed E-state index contributed by atoms with van der Waals surface area (Å²) >= 11 is 1.44. The maximum absolute atomic E-state index is 11.9.